The summed E-state index contributed by atoms with van der Waals surface area (Å²) in [6.07, 6.45) is 3.47. The van der Waals surface area contributed by atoms with Gasteiger partial charge in [-0.25, -0.2) is 4.79 Å². The molecule has 5 rings (SSSR count). The predicted molar refractivity (Wildman–Crippen MR) is 156 cm³/mol. The number of ketones is 1. The van der Waals surface area contributed by atoms with Crippen LogP contribution in [0.2, 0.25) is 0 Å². The minimum Gasteiger partial charge on any atom is -0.497 e. The predicted octanol–water partition coefficient (Wildman–Crippen LogP) is 4.62. The lowest BCUT2D eigenvalue weighted by Crippen LogP contribution is -2.46. The van der Waals surface area contributed by atoms with Crippen molar-refractivity contribution in [1.82, 2.24) is 4.98 Å². The summed E-state index contributed by atoms with van der Waals surface area (Å²) >= 11 is 0. The van der Waals surface area contributed by atoms with E-state index in [0.717, 1.165) is 5.56 Å². The van der Waals surface area contributed by atoms with Crippen molar-refractivity contribution in [3.8, 4) is 5.75 Å². The molecule has 0 amide bonds. The van der Waals surface area contributed by atoms with E-state index in [2.05, 4.69) is 4.98 Å². The highest BCUT2D eigenvalue weighted by Gasteiger charge is 2.51. The molecular formula is C33H33N3O6. The van der Waals surface area contributed by atoms with E-state index in [-0.39, 0.29) is 31.0 Å². The molecule has 2 aliphatic rings. The van der Waals surface area contributed by atoms with Crippen molar-refractivity contribution >= 4 is 23.4 Å². The van der Waals surface area contributed by atoms with E-state index in [0.29, 0.717) is 28.3 Å². The van der Waals surface area contributed by atoms with Crippen molar-refractivity contribution in [1.29, 1.82) is 0 Å². The molecule has 0 bridgehead atoms. The van der Waals surface area contributed by atoms with Gasteiger partial charge >= 0.3 is 11.9 Å². The zero-order chi connectivity index (χ0) is 29.8. The maximum Gasteiger partial charge on any atom is 0.338 e. The van der Waals surface area contributed by atoms with Gasteiger partial charge < -0.3 is 19.9 Å². The second-order valence-corrected chi connectivity index (χ2v) is 9.95. The first-order valence-electron chi connectivity index (χ1n) is 13.9. The SMILES string of the molecule is CCOC(=O)C1=C(N)N(c2ccccc2)C2=C(C(=O)[C@H](C(=O)OCC)[C@@H](c3cccc(OC)c3)C2)[C@H]1c1cccnc1. The number of ether oxygens (including phenoxy) is 3. The molecule has 0 saturated heterocycles. The maximum atomic E-state index is 14.8. The average molecular weight is 568 g/mol. The number of anilines is 1. The van der Waals surface area contributed by atoms with E-state index in [4.69, 9.17) is 19.9 Å². The van der Waals surface area contributed by atoms with Crippen LogP contribution in [0, 0.1) is 5.92 Å². The lowest BCUT2D eigenvalue weighted by atomic mass is 9.67. The first kappa shape index (κ1) is 28.6. The number of hydrogen-bond acceptors (Lipinski definition) is 9. The van der Waals surface area contributed by atoms with Crippen molar-refractivity contribution in [2.45, 2.75) is 32.1 Å². The summed E-state index contributed by atoms with van der Waals surface area (Å²) in [5, 5.41) is 0. The lowest BCUT2D eigenvalue weighted by Gasteiger charge is -2.44. The minimum absolute atomic E-state index is 0.114. The van der Waals surface area contributed by atoms with Crippen LogP contribution in [-0.2, 0) is 23.9 Å². The van der Waals surface area contributed by atoms with Crippen LogP contribution in [0.1, 0.15) is 43.2 Å². The Morgan fingerprint density at radius 2 is 1.71 bits per heavy atom. The van der Waals surface area contributed by atoms with Crippen LogP contribution in [0.25, 0.3) is 0 Å². The topological polar surface area (TPSA) is 121 Å². The van der Waals surface area contributed by atoms with Crippen LogP contribution in [0.15, 0.2) is 102 Å². The van der Waals surface area contributed by atoms with Gasteiger partial charge in [-0.15, -0.1) is 0 Å². The Bertz CT molecular complexity index is 1550. The van der Waals surface area contributed by atoms with Gasteiger partial charge in [0.25, 0.3) is 0 Å². The number of hydrogen-bond donors (Lipinski definition) is 1. The van der Waals surface area contributed by atoms with Gasteiger partial charge in [-0.2, -0.15) is 0 Å². The molecule has 216 valence electrons. The third kappa shape index (κ3) is 5.13. The molecule has 1 aliphatic carbocycles. The number of pyridine rings is 1. The smallest absolute Gasteiger partial charge is 0.338 e. The van der Waals surface area contributed by atoms with Crippen LogP contribution < -0.4 is 15.4 Å². The molecule has 1 aromatic heterocycles. The molecule has 42 heavy (non-hydrogen) atoms. The van der Waals surface area contributed by atoms with Crippen molar-refractivity contribution in [3.05, 3.63) is 113 Å². The molecule has 1 aliphatic heterocycles. The first-order valence-corrected chi connectivity index (χ1v) is 13.9. The number of carbonyl (C=O) groups is 3. The number of aromatic nitrogens is 1. The molecule has 0 unspecified atom stereocenters. The highest BCUT2D eigenvalue weighted by atomic mass is 16.5. The fraction of sp³-hybridized carbons (Fsp3) is 0.273. The van der Waals surface area contributed by atoms with Gasteiger partial charge in [-0.3, -0.25) is 19.5 Å². The molecule has 2 heterocycles. The van der Waals surface area contributed by atoms with Gasteiger partial charge in [0, 0.05) is 35.3 Å². The van der Waals surface area contributed by atoms with Crippen molar-refractivity contribution in [2.24, 2.45) is 11.7 Å². The molecule has 0 spiro atoms. The monoisotopic (exact) mass is 567 g/mol. The van der Waals surface area contributed by atoms with Crippen LogP contribution in [0.4, 0.5) is 5.69 Å². The van der Waals surface area contributed by atoms with Gasteiger partial charge in [-0.1, -0.05) is 36.4 Å². The van der Waals surface area contributed by atoms with Crippen LogP contribution in [0.3, 0.4) is 0 Å². The Balaban J connectivity index is 1.80. The molecule has 2 aromatic carbocycles. The Morgan fingerprint density at radius 1 is 0.976 bits per heavy atom. The number of nitrogens with zero attached hydrogens (tertiary/aromatic N) is 2. The maximum absolute atomic E-state index is 14.8. The Labute approximate surface area is 244 Å². The molecule has 9 heteroatoms. The first-order chi connectivity index (χ1) is 20.4. The summed E-state index contributed by atoms with van der Waals surface area (Å²) in [5.41, 5.74) is 9.87. The number of carbonyl (C=O) groups excluding carboxylic acids is 3. The summed E-state index contributed by atoms with van der Waals surface area (Å²) in [7, 11) is 1.56. The number of Topliss-reactive ketones (excluding diaryl/α,β-unsaturated/α-hetero) is 1. The van der Waals surface area contributed by atoms with Gasteiger partial charge in [0.15, 0.2) is 5.78 Å². The standard InChI is InChI=1S/C33H33N3O6/c1-4-41-32(38)27-24(20-11-9-15-23(17-20)40-3)18-25-28(30(27)37)26(21-12-10-16-35-19-21)29(33(39)42-5-2)31(34)36(25)22-13-7-6-8-14-22/h6-17,19,24,26-27H,4-5,18,34H2,1-3H3/t24-,26-,27-/m1/s1. The zero-order valence-corrected chi connectivity index (χ0v) is 23.8. The van der Waals surface area contributed by atoms with Crippen LogP contribution in [0.5, 0.6) is 5.75 Å². The summed E-state index contributed by atoms with van der Waals surface area (Å²) in [6, 6.07) is 20.1. The van der Waals surface area contributed by atoms with E-state index in [1.165, 1.54) is 0 Å². The number of nitrogens with two attached hydrogens (primary N) is 1. The third-order valence-corrected chi connectivity index (χ3v) is 7.63. The molecule has 0 saturated carbocycles. The molecule has 3 atom stereocenters. The number of esters is 2. The highest BCUT2D eigenvalue weighted by molar-refractivity contribution is 6.14. The Morgan fingerprint density at radius 3 is 2.38 bits per heavy atom. The van der Waals surface area contributed by atoms with Crippen LogP contribution >= 0.6 is 0 Å². The summed E-state index contributed by atoms with van der Waals surface area (Å²) < 4.78 is 16.4. The zero-order valence-electron chi connectivity index (χ0n) is 23.8. The van der Waals surface area contributed by atoms with Crippen molar-refractivity contribution in [3.63, 3.8) is 0 Å². The third-order valence-electron chi connectivity index (χ3n) is 7.63. The van der Waals surface area contributed by atoms with Gasteiger partial charge in [0.05, 0.1) is 31.8 Å². The normalized spacial score (nSPS) is 20.2. The number of methoxy groups -OCH3 is 1. The summed E-state index contributed by atoms with van der Waals surface area (Å²) in [6.45, 7) is 3.64. The van der Waals surface area contributed by atoms with Gasteiger partial charge in [-0.05, 0) is 61.7 Å². The van der Waals surface area contributed by atoms with E-state index in [9.17, 15) is 14.4 Å². The fourth-order valence-corrected chi connectivity index (χ4v) is 5.88. The van der Waals surface area contributed by atoms with Crippen molar-refractivity contribution in [2.75, 3.05) is 25.2 Å². The number of rotatable bonds is 8. The van der Waals surface area contributed by atoms with Gasteiger partial charge in [0.2, 0.25) is 0 Å². The molecular weight excluding hydrogens is 534 g/mol. The number of benzene rings is 2. The molecule has 9 nitrogen and oxygen atoms in total. The largest absolute Gasteiger partial charge is 0.497 e. The molecule has 0 fully saturated rings. The summed E-state index contributed by atoms with van der Waals surface area (Å²) in [4.78, 5) is 47.9. The quantitative estimate of drug-likeness (QED) is 0.307. The Kier molecular flexibility index (Phi) is 8.38. The van der Waals surface area contributed by atoms with E-state index in [1.807, 2.05) is 48.5 Å². The van der Waals surface area contributed by atoms with Crippen LogP contribution in [-0.4, -0.2) is 43.0 Å². The lowest BCUT2D eigenvalue weighted by molar-refractivity contribution is -0.152. The van der Waals surface area contributed by atoms with Crippen molar-refractivity contribution < 1.29 is 28.6 Å². The minimum atomic E-state index is -1.16. The molecule has 2 N–H and O–H groups in total. The fourth-order valence-electron chi connectivity index (χ4n) is 5.88. The Hall–Kier alpha value is -4.92. The van der Waals surface area contributed by atoms with E-state index < -0.39 is 35.5 Å². The van der Waals surface area contributed by atoms with Gasteiger partial charge in [0.1, 0.15) is 17.5 Å². The van der Waals surface area contributed by atoms with E-state index in [1.54, 1.807) is 56.4 Å². The average Bonchev–Trinajstić information content (AvgIpc) is 3.01. The second-order valence-electron chi connectivity index (χ2n) is 9.95. The number of para-hydroxylation sites is 1. The second kappa shape index (κ2) is 12.3. The summed E-state index contributed by atoms with van der Waals surface area (Å²) in [5.74, 6) is -3.60. The molecule has 0 radical (unpaired) electrons. The number of allylic oxidation sites excluding steroid dienone is 2. The highest BCUT2D eigenvalue weighted by Crippen LogP contribution is 2.51. The molecule has 3 aromatic rings. The van der Waals surface area contributed by atoms with E-state index >= 15 is 0 Å².